The third-order valence-corrected chi connectivity index (χ3v) is 12.2. The second-order valence-electron chi connectivity index (χ2n) is 15.5. The lowest BCUT2D eigenvalue weighted by Gasteiger charge is -2.37. The van der Waals surface area contributed by atoms with Gasteiger partial charge in [-0.3, -0.25) is 14.5 Å². The van der Waals surface area contributed by atoms with Crippen LogP contribution in [0.15, 0.2) is 42.5 Å². The summed E-state index contributed by atoms with van der Waals surface area (Å²) in [7, 11) is 3.26. The Morgan fingerprint density at radius 3 is 2.24 bits per heavy atom. The van der Waals surface area contributed by atoms with E-state index in [2.05, 4.69) is 30.9 Å². The predicted octanol–water partition coefficient (Wildman–Crippen LogP) is 7.03. The molecule has 1 amide bonds. The number of halogens is 3. The fraction of sp³-hybridized carbons (Fsp3) is 0.641. The van der Waals surface area contributed by atoms with Gasteiger partial charge in [0.05, 0.1) is 36.7 Å². The van der Waals surface area contributed by atoms with Crippen molar-refractivity contribution in [2.75, 3.05) is 58.5 Å². The normalized spacial score (nSPS) is 29.8. The van der Waals surface area contributed by atoms with Crippen LogP contribution in [0.3, 0.4) is 0 Å². The minimum absolute atomic E-state index is 0.0420. The van der Waals surface area contributed by atoms with Gasteiger partial charge in [0, 0.05) is 63.4 Å². The van der Waals surface area contributed by atoms with Crippen LogP contribution in [0.5, 0.6) is 5.75 Å². The number of carboxylic acids is 1. The summed E-state index contributed by atoms with van der Waals surface area (Å²) < 4.78 is 53.1. The van der Waals surface area contributed by atoms with Crippen molar-refractivity contribution in [1.82, 2.24) is 9.80 Å². The van der Waals surface area contributed by atoms with Crippen molar-refractivity contribution in [3.8, 4) is 5.75 Å². The van der Waals surface area contributed by atoms with E-state index in [4.69, 9.17) is 9.47 Å². The van der Waals surface area contributed by atoms with Gasteiger partial charge >= 0.3 is 12.1 Å². The number of likely N-dealkylation sites (tertiary alicyclic amines) is 2. The first-order valence-corrected chi connectivity index (χ1v) is 18.2. The molecule has 1 saturated carbocycles. The molecule has 3 heterocycles. The van der Waals surface area contributed by atoms with Crippen LogP contribution in [0.25, 0.3) is 0 Å². The van der Waals surface area contributed by atoms with Crippen molar-refractivity contribution in [1.29, 1.82) is 0 Å². The van der Waals surface area contributed by atoms with Crippen LogP contribution >= 0.6 is 0 Å². The number of carbonyl (C=O) groups is 2. The van der Waals surface area contributed by atoms with Gasteiger partial charge in [-0.05, 0) is 93.2 Å². The third-order valence-electron chi connectivity index (χ3n) is 12.2. The lowest BCUT2D eigenvalue weighted by Crippen LogP contribution is -2.49. The molecule has 0 radical (unpaired) electrons. The highest BCUT2D eigenvalue weighted by Crippen LogP contribution is 2.49. The SMILES string of the molecule is COC[C@@H]1C[C@@H](c2ccc(C(F)(F)F)cc2N2CCC(C(=O)O)CC2)CN1C(=O)[C@]1(C)CN([C@H]2CC[C@H](C)CC2)C[C@H]1c1ccc(OC)cc1. The highest BCUT2D eigenvalue weighted by molar-refractivity contribution is 5.85. The number of amides is 1. The number of carbonyl (C=O) groups excluding carboxylic acids is 1. The monoisotopic (exact) mass is 699 g/mol. The van der Waals surface area contributed by atoms with Crippen LogP contribution in [0.1, 0.15) is 87.3 Å². The predicted molar refractivity (Wildman–Crippen MR) is 186 cm³/mol. The van der Waals surface area contributed by atoms with E-state index in [1.807, 2.05) is 21.9 Å². The molecule has 0 spiro atoms. The molecule has 2 aromatic carbocycles. The molecule has 11 heteroatoms. The van der Waals surface area contributed by atoms with Gasteiger partial charge in [0.2, 0.25) is 5.91 Å². The lowest BCUT2D eigenvalue weighted by molar-refractivity contribution is -0.143. The summed E-state index contributed by atoms with van der Waals surface area (Å²) in [6.45, 7) is 7.27. The Hall–Kier alpha value is -3.31. The number of hydrogen-bond donors (Lipinski definition) is 1. The number of ether oxygens (including phenoxy) is 2. The van der Waals surface area contributed by atoms with E-state index in [1.54, 1.807) is 20.3 Å². The Morgan fingerprint density at radius 2 is 1.64 bits per heavy atom. The zero-order valence-corrected chi connectivity index (χ0v) is 29.8. The average molecular weight is 700 g/mol. The summed E-state index contributed by atoms with van der Waals surface area (Å²) >= 11 is 0. The van der Waals surface area contributed by atoms with Crippen LogP contribution in [0, 0.1) is 17.3 Å². The molecule has 1 aliphatic carbocycles. The van der Waals surface area contributed by atoms with Crippen LogP contribution in [0.4, 0.5) is 18.9 Å². The van der Waals surface area contributed by atoms with Gasteiger partial charge in [0.15, 0.2) is 0 Å². The largest absolute Gasteiger partial charge is 0.497 e. The molecule has 50 heavy (non-hydrogen) atoms. The van der Waals surface area contributed by atoms with Gasteiger partial charge in [0.25, 0.3) is 0 Å². The van der Waals surface area contributed by atoms with Gasteiger partial charge in [-0.1, -0.05) is 25.1 Å². The molecule has 4 fully saturated rings. The standard InChI is InChI=1S/C39H52F3N3O5/c1-25-5-10-30(11-6-25)44-22-34(26-7-12-32(50-4)13-8-26)38(2,24-44)37(48)45-21-28(19-31(45)23-49-3)33-14-9-29(39(40,41)42)20-35(33)43-17-15-27(16-18-43)36(46)47/h7-9,12-14,20,25,27-28,30-31,34H,5-6,10-11,15-19,21-24H2,1-4H3,(H,46,47)/t25-,28-,30-,31+,34+,38-/m1/s1. The van der Waals surface area contributed by atoms with E-state index in [0.29, 0.717) is 69.7 Å². The second-order valence-corrected chi connectivity index (χ2v) is 15.5. The maximum absolute atomic E-state index is 15.1. The first-order valence-electron chi connectivity index (χ1n) is 18.2. The Morgan fingerprint density at radius 1 is 0.960 bits per heavy atom. The summed E-state index contributed by atoms with van der Waals surface area (Å²) in [6, 6.07) is 12.2. The minimum atomic E-state index is -4.52. The molecule has 8 nitrogen and oxygen atoms in total. The molecule has 274 valence electrons. The zero-order valence-electron chi connectivity index (χ0n) is 29.8. The Labute approximate surface area is 293 Å². The number of methoxy groups -OCH3 is 2. The molecule has 3 saturated heterocycles. The first-order chi connectivity index (χ1) is 23.8. The van der Waals surface area contributed by atoms with Gasteiger partial charge in [-0.25, -0.2) is 0 Å². The van der Waals surface area contributed by atoms with Gasteiger partial charge in [-0.2, -0.15) is 13.2 Å². The summed E-state index contributed by atoms with van der Waals surface area (Å²) in [5.74, 6) is -0.0760. The highest BCUT2D eigenvalue weighted by atomic mass is 19.4. The third kappa shape index (κ3) is 7.36. The van der Waals surface area contributed by atoms with Crippen LogP contribution in [-0.4, -0.2) is 92.4 Å². The molecular weight excluding hydrogens is 647 g/mol. The van der Waals surface area contributed by atoms with Crippen LogP contribution in [0.2, 0.25) is 0 Å². The molecule has 4 atom stereocenters. The quantitative estimate of drug-likeness (QED) is 0.301. The van der Waals surface area contributed by atoms with Gasteiger partial charge in [-0.15, -0.1) is 0 Å². The second kappa shape index (κ2) is 14.7. The number of nitrogens with zero attached hydrogens (tertiary/aromatic N) is 3. The molecule has 1 N–H and O–H groups in total. The summed E-state index contributed by atoms with van der Waals surface area (Å²) in [5.41, 5.74) is 0.904. The van der Waals surface area contributed by atoms with E-state index in [0.717, 1.165) is 42.3 Å². The van der Waals surface area contributed by atoms with E-state index in [1.165, 1.54) is 18.9 Å². The fourth-order valence-electron chi connectivity index (χ4n) is 9.22. The summed E-state index contributed by atoms with van der Waals surface area (Å²) in [4.78, 5) is 33.1. The number of piperidine rings is 1. The Kier molecular flexibility index (Phi) is 10.8. The number of rotatable bonds is 9. The van der Waals surface area contributed by atoms with Crippen molar-refractivity contribution < 1.29 is 37.3 Å². The topological polar surface area (TPSA) is 82.5 Å². The number of carboxylic acid groups (broad SMARTS) is 1. The maximum atomic E-state index is 15.1. The number of hydrogen-bond acceptors (Lipinski definition) is 6. The van der Waals surface area contributed by atoms with Crippen LogP contribution in [-0.2, 0) is 20.5 Å². The maximum Gasteiger partial charge on any atom is 0.416 e. The lowest BCUT2D eigenvalue weighted by atomic mass is 9.74. The molecule has 0 bridgehead atoms. The molecule has 0 unspecified atom stereocenters. The number of benzene rings is 2. The minimum Gasteiger partial charge on any atom is -0.497 e. The van der Waals surface area contributed by atoms with Crippen molar-refractivity contribution >= 4 is 17.6 Å². The van der Waals surface area contributed by atoms with Crippen molar-refractivity contribution in [2.24, 2.45) is 17.3 Å². The van der Waals surface area contributed by atoms with Gasteiger partial charge < -0.3 is 24.4 Å². The smallest absolute Gasteiger partial charge is 0.416 e. The summed E-state index contributed by atoms with van der Waals surface area (Å²) in [5, 5.41) is 9.54. The Bertz CT molecular complexity index is 1500. The fourth-order valence-corrected chi connectivity index (χ4v) is 9.22. The zero-order chi connectivity index (χ0) is 35.8. The Balaban J connectivity index is 1.31. The van der Waals surface area contributed by atoms with Crippen molar-refractivity contribution in [2.45, 2.75) is 88.9 Å². The number of anilines is 1. The van der Waals surface area contributed by atoms with Crippen molar-refractivity contribution in [3.63, 3.8) is 0 Å². The molecule has 0 aromatic heterocycles. The highest BCUT2D eigenvalue weighted by Gasteiger charge is 2.54. The van der Waals surface area contributed by atoms with E-state index in [-0.39, 0.29) is 23.8 Å². The first kappa shape index (κ1) is 36.5. The molecule has 2 aromatic rings. The van der Waals surface area contributed by atoms with Crippen LogP contribution < -0.4 is 9.64 Å². The molecule has 6 rings (SSSR count). The number of aliphatic carboxylic acids is 1. The van der Waals surface area contributed by atoms with E-state index < -0.39 is 29.0 Å². The average Bonchev–Trinajstić information content (AvgIpc) is 3.69. The number of alkyl halides is 3. The summed E-state index contributed by atoms with van der Waals surface area (Å²) in [6.07, 6.45) is 1.41. The molecular formula is C39H52F3N3O5. The van der Waals surface area contributed by atoms with E-state index >= 15 is 4.79 Å². The van der Waals surface area contributed by atoms with Crippen molar-refractivity contribution in [3.05, 3.63) is 59.2 Å². The molecule has 3 aliphatic heterocycles. The van der Waals surface area contributed by atoms with E-state index in [9.17, 15) is 23.1 Å². The molecule has 4 aliphatic rings. The van der Waals surface area contributed by atoms with Gasteiger partial charge in [0.1, 0.15) is 5.75 Å².